The van der Waals surface area contributed by atoms with Crippen LogP contribution in [0, 0.1) is 0 Å². The van der Waals surface area contributed by atoms with Gasteiger partial charge in [-0.1, -0.05) is 96.8 Å². The van der Waals surface area contributed by atoms with Crippen molar-refractivity contribution in [3.05, 3.63) is 0 Å². The highest BCUT2D eigenvalue weighted by molar-refractivity contribution is 7.87. The summed E-state index contributed by atoms with van der Waals surface area (Å²) < 4.78 is 57.5. The second-order valence-corrected chi connectivity index (χ2v) is 13.9. The average molecular weight is 605 g/mol. The number of carbonyl (C=O) groups excluding carboxylic acids is 1. The number of piperidine rings is 1. The Hall–Kier alpha value is -0.980. The Morgan fingerprint density at radius 3 is 2.00 bits per heavy atom. The maximum Gasteiger partial charge on any atom is 0.422 e. The Morgan fingerprint density at radius 2 is 1.41 bits per heavy atom. The van der Waals surface area contributed by atoms with Crippen molar-refractivity contribution in [2.45, 2.75) is 160 Å². The number of rotatable bonds is 20. The number of hydrogen-bond donors (Lipinski definition) is 1. The quantitative estimate of drug-likeness (QED) is 0.164. The van der Waals surface area contributed by atoms with Gasteiger partial charge < -0.3 is 23.7 Å². The number of nitrogens with one attached hydrogen (secondary N) is 1. The highest BCUT2D eigenvalue weighted by Crippen LogP contribution is 2.39. The highest BCUT2D eigenvalue weighted by atomic mass is 32.2. The number of unbranched alkanes of at least 4 members (excludes halogenated alkanes) is 13. The molecule has 0 bridgehead atoms. The lowest BCUT2D eigenvalue weighted by molar-refractivity contribution is -0.221. The van der Waals surface area contributed by atoms with Gasteiger partial charge in [-0.05, 0) is 33.1 Å². The van der Waals surface area contributed by atoms with Crippen LogP contribution in [0.3, 0.4) is 0 Å². The van der Waals surface area contributed by atoms with Crippen LogP contribution in [0.5, 0.6) is 0 Å². The second-order valence-electron chi connectivity index (χ2n) is 12.2. The number of hydrogen-bond acceptors (Lipinski definition) is 8. The maximum absolute atomic E-state index is 12.5. The van der Waals surface area contributed by atoms with Gasteiger partial charge in [0.15, 0.2) is 12.1 Å². The van der Waals surface area contributed by atoms with Crippen molar-refractivity contribution >= 4 is 16.3 Å². The SMILES string of the molecule is CCCCCCCCCCCCCCCCO[C@@H]1[C@H]2OC(C)(C)O[C@H]2O[C@@H]1COC(=O)NS(=O)(=O)N1CCCCC1. The van der Waals surface area contributed by atoms with Crippen LogP contribution in [0.25, 0.3) is 0 Å². The van der Waals surface area contributed by atoms with Crippen LogP contribution in [0.15, 0.2) is 0 Å². The van der Waals surface area contributed by atoms with Gasteiger partial charge in [0, 0.05) is 19.7 Å². The molecule has 0 saturated carbocycles. The molecule has 0 unspecified atom stereocenters. The van der Waals surface area contributed by atoms with Crippen molar-refractivity contribution in [1.29, 1.82) is 0 Å². The molecular weight excluding hydrogens is 548 g/mol. The van der Waals surface area contributed by atoms with Crippen molar-refractivity contribution in [3.63, 3.8) is 0 Å². The molecule has 3 fully saturated rings. The lowest BCUT2D eigenvalue weighted by Gasteiger charge is -2.27. The number of ether oxygens (including phenoxy) is 5. The first-order valence-electron chi connectivity index (χ1n) is 16.3. The van der Waals surface area contributed by atoms with E-state index in [1.807, 2.05) is 18.6 Å². The van der Waals surface area contributed by atoms with Gasteiger partial charge in [0.2, 0.25) is 0 Å². The molecule has 3 aliphatic heterocycles. The van der Waals surface area contributed by atoms with Crippen LogP contribution in [0.2, 0.25) is 0 Å². The van der Waals surface area contributed by atoms with Crippen molar-refractivity contribution in [1.82, 2.24) is 9.03 Å². The Morgan fingerprint density at radius 1 is 0.854 bits per heavy atom. The summed E-state index contributed by atoms with van der Waals surface area (Å²) in [7, 11) is -3.92. The number of nitrogens with zero attached hydrogens (tertiary/aromatic N) is 1. The zero-order valence-electron chi connectivity index (χ0n) is 25.8. The fourth-order valence-electron chi connectivity index (χ4n) is 5.86. The van der Waals surface area contributed by atoms with Gasteiger partial charge in [-0.3, -0.25) is 0 Å². The average Bonchev–Trinajstić information content (AvgIpc) is 3.41. The molecule has 3 rings (SSSR count). The van der Waals surface area contributed by atoms with Crippen LogP contribution in [0.1, 0.15) is 130 Å². The molecule has 10 nitrogen and oxygen atoms in total. The van der Waals surface area contributed by atoms with Crippen LogP contribution in [-0.2, 0) is 33.9 Å². The first-order valence-corrected chi connectivity index (χ1v) is 17.7. The predicted octanol–water partition coefficient (Wildman–Crippen LogP) is 6.19. The number of amides is 1. The molecule has 3 aliphatic rings. The van der Waals surface area contributed by atoms with E-state index in [4.69, 9.17) is 23.7 Å². The Balaban J connectivity index is 1.30. The summed E-state index contributed by atoms with van der Waals surface area (Å²) in [6.45, 7) is 7.09. The van der Waals surface area contributed by atoms with Gasteiger partial charge in [0.05, 0.1) is 0 Å². The van der Waals surface area contributed by atoms with Crippen LogP contribution >= 0.6 is 0 Å². The van der Waals surface area contributed by atoms with E-state index in [1.54, 1.807) is 0 Å². The predicted molar refractivity (Wildman–Crippen MR) is 158 cm³/mol. The molecule has 3 saturated heterocycles. The van der Waals surface area contributed by atoms with Crippen molar-refractivity contribution in [2.24, 2.45) is 0 Å². The topological polar surface area (TPSA) is 113 Å². The highest BCUT2D eigenvalue weighted by Gasteiger charge is 2.55. The second kappa shape index (κ2) is 18.0. The molecule has 0 spiro atoms. The van der Waals surface area contributed by atoms with E-state index in [9.17, 15) is 13.2 Å². The molecule has 0 aromatic heterocycles. The standard InChI is InChI=1S/C30H56N2O8S/c1-4-5-6-7-8-9-10-11-12-13-14-15-16-20-23-36-26-25(38-28-27(26)39-30(2,3)40-28)24-37-29(33)31-41(34,35)32-21-18-17-19-22-32/h25-28H,4-24H2,1-3H3,(H,31,33)/t25-,26+,27-,28-/m1/s1. The van der Waals surface area contributed by atoms with E-state index in [0.717, 1.165) is 32.1 Å². The van der Waals surface area contributed by atoms with Crippen LogP contribution in [0.4, 0.5) is 4.79 Å². The first kappa shape index (κ1) is 34.5. The van der Waals surface area contributed by atoms with E-state index < -0.39 is 46.7 Å². The molecule has 0 aromatic carbocycles. The van der Waals surface area contributed by atoms with Gasteiger partial charge in [-0.2, -0.15) is 12.7 Å². The van der Waals surface area contributed by atoms with Crippen molar-refractivity contribution in [2.75, 3.05) is 26.3 Å². The third-order valence-corrected chi connectivity index (χ3v) is 9.61. The minimum absolute atomic E-state index is 0.162. The van der Waals surface area contributed by atoms with Gasteiger partial charge >= 0.3 is 16.3 Å². The monoisotopic (exact) mass is 604 g/mol. The largest absolute Gasteiger partial charge is 0.446 e. The number of fused-ring (bicyclic) bond motifs is 1. The fraction of sp³-hybridized carbons (Fsp3) is 0.967. The Bertz CT molecular complexity index is 849. The summed E-state index contributed by atoms with van der Waals surface area (Å²) in [6.07, 6.45) is 17.4. The third kappa shape index (κ3) is 12.3. The van der Waals surface area contributed by atoms with E-state index in [0.29, 0.717) is 19.7 Å². The zero-order chi connectivity index (χ0) is 29.6. The van der Waals surface area contributed by atoms with E-state index >= 15 is 0 Å². The summed E-state index contributed by atoms with van der Waals surface area (Å²) in [5.41, 5.74) is 0. The summed E-state index contributed by atoms with van der Waals surface area (Å²) in [6, 6.07) is 0. The molecule has 41 heavy (non-hydrogen) atoms. The van der Waals surface area contributed by atoms with Gasteiger partial charge in [-0.15, -0.1) is 0 Å². The van der Waals surface area contributed by atoms with Crippen molar-refractivity contribution in [3.8, 4) is 0 Å². The smallest absolute Gasteiger partial charge is 0.422 e. The fourth-order valence-corrected chi connectivity index (χ4v) is 7.00. The lowest BCUT2D eigenvalue weighted by atomic mass is 10.0. The molecule has 1 N–H and O–H groups in total. The van der Waals surface area contributed by atoms with Gasteiger partial charge in [-0.25, -0.2) is 9.52 Å². The van der Waals surface area contributed by atoms with E-state index in [-0.39, 0.29) is 6.61 Å². The van der Waals surface area contributed by atoms with Crippen LogP contribution in [-0.4, -0.2) is 75.5 Å². The molecule has 240 valence electrons. The first-order chi connectivity index (χ1) is 19.7. The number of carbonyl (C=O) groups is 1. The molecule has 1 amide bonds. The zero-order valence-corrected chi connectivity index (χ0v) is 26.6. The molecule has 3 heterocycles. The maximum atomic E-state index is 12.5. The minimum Gasteiger partial charge on any atom is -0.446 e. The molecule has 4 atom stereocenters. The minimum atomic E-state index is -3.92. The lowest BCUT2D eigenvalue weighted by Crippen LogP contribution is -2.46. The van der Waals surface area contributed by atoms with E-state index in [1.165, 1.54) is 81.4 Å². The normalized spacial score (nSPS) is 26.2. The third-order valence-electron chi connectivity index (χ3n) is 8.14. The summed E-state index contributed by atoms with van der Waals surface area (Å²) in [4.78, 5) is 12.3. The van der Waals surface area contributed by atoms with Gasteiger partial charge in [0.25, 0.3) is 0 Å². The molecule has 0 radical (unpaired) electrons. The molecule has 0 aromatic rings. The van der Waals surface area contributed by atoms with Crippen molar-refractivity contribution < 1.29 is 36.9 Å². The van der Waals surface area contributed by atoms with Gasteiger partial charge in [0.1, 0.15) is 24.9 Å². The Kier molecular flexibility index (Phi) is 15.1. The van der Waals surface area contributed by atoms with Crippen LogP contribution < -0.4 is 4.72 Å². The summed E-state index contributed by atoms with van der Waals surface area (Å²) >= 11 is 0. The Labute approximate surface area is 248 Å². The molecular formula is C30H56N2O8S. The summed E-state index contributed by atoms with van der Waals surface area (Å²) in [5, 5.41) is 0. The van der Waals surface area contributed by atoms with E-state index in [2.05, 4.69) is 6.92 Å². The summed E-state index contributed by atoms with van der Waals surface area (Å²) in [5.74, 6) is -0.794. The molecule has 0 aliphatic carbocycles. The molecule has 11 heteroatoms.